The van der Waals surface area contributed by atoms with Crippen molar-refractivity contribution in [3.05, 3.63) is 391 Å². The maximum absolute atomic E-state index is 7.32. The Bertz CT molecular complexity index is 4020. The summed E-state index contributed by atoms with van der Waals surface area (Å²) in [5.74, 6) is 0. The zero-order chi connectivity index (χ0) is 77.8. The molecule has 17 nitrogen and oxygen atoms in total. The van der Waals surface area contributed by atoms with Gasteiger partial charge in [-0.15, -0.1) is 73.4 Å². The summed E-state index contributed by atoms with van der Waals surface area (Å²) in [7, 11) is 0. The third kappa shape index (κ3) is 42.2. The molecule has 0 N–H and O–H groups in total. The first kappa shape index (κ1) is 111. The van der Waals surface area contributed by atoms with E-state index in [9.17, 15) is 0 Å². The van der Waals surface area contributed by atoms with E-state index in [-0.39, 0.29) is 127 Å². The maximum atomic E-state index is 7.32. The summed E-state index contributed by atoms with van der Waals surface area (Å²) in [5.41, 5.74) is 14.5. The SMILES string of the molecule is CC#N.CC#N.CC#N.CC#N.CC#N.CC(C[N-]c1ccccc1[N-]c1ccccc1)(C[N-]c1ccccc1[N-]c1ccccc1)C[N-]c1ccccc1[N-]c1ccccc1.CC(C[N-]c1ccccc1[N-]c1ccccc1)(C[N-]c1ccccc1[N-]c1ccccc1)C[N-]c1ccccc1[N-]c1ccccc1.[Cl-].[Cl-].[Fe+2].[Fe+2].[Fe+2].[Fe+2].[Fe+3].[Fe+3]. The zero-order valence-electron chi connectivity index (χ0n) is 65.4. The first-order valence-corrected chi connectivity index (χ1v) is 35.1. The molecule has 0 atom stereocenters. The Hall–Kier alpha value is -10.6. The van der Waals surface area contributed by atoms with Crippen LogP contribution in [0.3, 0.4) is 0 Å². The molecule has 0 fully saturated rings. The van der Waals surface area contributed by atoms with Gasteiger partial charge in [-0.1, -0.05) is 352 Å². The van der Waals surface area contributed by atoms with Gasteiger partial charge in [-0.2, -0.15) is 94.6 Å². The fraction of sp³-hybridized carbons (Fsp3) is 0.163. The first-order chi connectivity index (χ1) is 53.3. The van der Waals surface area contributed by atoms with E-state index in [0.29, 0.717) is 39.3 Å². The number of rotatable bonds is 30. The van der Waals surface area contributed by atoms with Crippen LogP contribution in [-0.4, -0.2) is 39.3 Å². The van der Waals surface area contributed by atoms with Gasteiger partial charge in [0.05, 0.1) is 30.3 Å². The number of para-hydroxylation sites is 18. The van der Waals surface area contributed by atoms with Crippen molar-refractivity contribution in [1.82, 2.24) is 0 Å². The van der Waals surface area contributed by atoms with E-state index in [1.165, 1.54) is 34.6 Å². The van der Waals surface area contributed by atoms with E-state index < -0.39 is 10.8 Å². The van der Waals surface area contributed by atoms with Crippen molar-refractivity contribution in [2.75, 3.05) is 39.3 Å². The molecule has 0 heterocycles. The van der Waals surface area contributed by atoms with Crippen LogP contribution in [0, 0.1) is 67.5 Å². The molecule has 0 aliphatic carbocycles. The molecule has 2 radical (unpaired) electrons. The molecule has 0 saturated carbocycles. The number of benzene rings is 12. The molecule has 0 amide bonds. The van der Waals surface area contributed by atoms with Crippen LogP contribution >= 0.6 is 0 Å². The average molecular weight is 1840 g/mol. The molecule has 602 valence electrons. The van der Waals surface area contributed by atoms with Gasteiger partial charge in [0.25, 0.3) is 0 Å². The average Bonchev–Trinajstić information content (AvgIpc) is 0.823. The Morgan fingerprint density at radius 3 is 0.402 bits per heavy atom. The Morgan fingerprint density at radius 2 is 0.291 bits per heavy atom. The normalized spacial score (nSPS) is 9.11. The number of halogens is 2. The van der Waals surface area contributed by atoms with Gasteiger partial charge in [-0.25, -0.2) is 0 Å². The summed E-state index contributed by atoms with van der Waals surface area (Å²) in [6.07, 6.45) is 0. The van der Waals surface area contributed by atoms with Crippen LogP contribution in [0.1, 0.15) is 48.5 Å². The van der Waals surface area contributed by atoms with E-state index in [2.05, 4.69) is 13.8 Å². The topological polar surface area (TPSA) is 288 Å². The first-order valence-electron chi connectivity index (χ1n) is 35.1. The summed E-state index contributed by atoms with van der Waals surface area (Å²) in [4.78, 5) is 0. The Morgan fingerprint density at radius 1 is 0.197 bits per heavy atom. The second kappa shape index (κ2) is 65.5. The van der Waals surface area contributed by atoms with Gasteiger partial charge >= 0.3 is 102 Å². The van der Waals surface area contributed by atoms with Gasteiger partial charge in [0, 0.05) is 34.6 Å². The molecular formula is C92H87Cl2Fe6N17. The van der Waals surface area contributed by atoms with Crippen molar-refractivity contribution in [2.45, 2.75) is 48.5 Å². The van der Waals surface area contributed by atoms with Crippen LogP contribution < -0.4 is 24.8 Å². The van der Waals surface area contributed by atoms with Crippen LogP contribution in [0.15, 0.2) is 328 Å². The van der Waals surface area contributed by atoms with Gasteiger partial charge in [0.15, 0.2) is 0 Å². The molecule has 0 saturated heterocycles. The minimum Gasteiger partial charge on any atom is -1.00 e. The van der Waals surface area contributed by atoms with E-state index in [1.807, 2.05) is 328 Å². The van der Waals surface area contributed by atoms with E-state index in [0.717, 1.165) is 102 Å². The minimum atomic E-state index is -0.417. The van der Waals surface area contributed by atoms with Crippen molar-refractivity contribution >= 4 is 102 Å². The number of nitriles is 5. The fourth-order valence-electron chi connectivity index (χ4n) is 9.96. The largest absolute Gasteiger partial charge is 3.00 e. The zero-order valence-corrected chi connectivity index (χ0v) is 73.5. The number of nitrogens with zero attached hydrogens (tertiary/aromatic N) is 17. The molecule has 0 aliphatic rings. The third-order valence-corrected chi connectivity index (χ3v) is 15.1. The van der Waals surface area contributed by atoms with Gasteiger partial charge in [0.1, 0.15) is 0 Å². The number of hydrogen-bond donors (Lipinski definition) is 0. The molecule has 0 aliphatic heterocycles. The van der Waals surface area contributed by atoms with Crippen molar-refractivity contribution in [2.24, 2.45) is 10.8 Å². The van der Waals surface area contributed by atoms with Crippen LogP contribution in [0.5, 0.6) is 0 Å². The summed E-state index contributed by atoms with van der Waals surface area (Å²) >= 11 is 0. The predicted molar refractivity (Wildman–Crippen MR) is 453 cm³/mol. The molecule has 0 spiro atoms. The van der Waals surface area contributed by atoms with Gasteiger partial charge in [-0.05, 0) is 0 Å². The summed E-state index contributed by atoms with van der Waals surface area (Å²) in [6.45, 7) is 14.5. The van der Waals surface area contributed by atoms with Gasteiger partial charge < -0.3 is 88.6 Å². The summed E-state index contributed by atoms with van der Waals surface area (Å²) in [6, 6.07) is 117. The molecule has 0 aromatic heterocycles. The van der Waals surface area contributed by atoms with E-state index in [4.69, 9.17) is 90.1 Å². The van der Waals surface area contributed by atoms with Crippen LogP contribution in [0.2, 0.25) is 0 Å². The van der Waals surface area contributed by atoms with Crippen molar-refractivity contribution in [1.29, 1.82) is 26.3 Å². The van der Waals surface area contributed by atoms with Crippen LogP contribution in [-0.2, 0) is 102 Å². The smallest absolute Gasteiger partial charge is 1.00 e. The Balaban J connectivity index is -0.00000179. The Kier molecular flexibility index (Phi) is 61.9. The summed E-state index contributed by atoms with van der Waals surface area (Å²) in [5, 5.41) is 96.5. The second-order valence-corrected chi connectivity index (χ2v) is 24.3. The molecule has 0 bridgehead atoms. The summed E-state index contributed by atoms with van der Waals surface area (Å²) < 4.78 is 0. The molecular weight excluding hydrogens is 1750 g/mol. The van der Waals surface area contributed by atoms with E-state index >= 15 is 0 Å². The van der Waals surface area contributed by atoms with Crippen molar-refractivity contribution in [3.8, 4) is 30.3 Å². The van der Waals surface area contributed by atoms with Crippen LogP contribution in [0.4, 0.5) is 102 Å². The quantitative estimate of drug-likeness (QED) is 0.0396. The molecule has 117 heavy (non-hydrogen) atoms. The minimum absolute atomic E-state index is 0. The monoisotopic (exact) mass is 1840 g/mol. The van der Waals surface area contributed by atoms with E-state index in [1.54, 1.807) is 30.3 Å². The molecule has 12 aromatic carbocycles. The maximum Gasteiger partial charge on any atom is 3.00 e. The van der Waals surface area contributed by atoms with Crippen molar-refractivity contribution < 1.29 is 127 Å². The third-order valence-electron chi connectivity index (χ3n) is 15.1. The molecule has 12 aromatic rings. The van der Waals surface area contributed by atoms with Gasteiger partial charge in [-0.3, -0.25) is 0 Å². The molecule has 12 rings (SSSR count). The number of hydrogen-bond acceptors (Lipinski definition) is 5. The standard InChI is InChI=1S/2C41H36N6.5C2H3N.2ClH.6Fe/c2*1-41(29-42-35-23-11-14-26-38(35)45-32-17-5-2-6-18-32,30-43-36-24-12-15-27-39(36)46-33-19-7-3-8-20-33)31-44-37-25-13-16-28-40(37)47-34-21-9-4-10-22-34;5*1-2-3;;;;;;;;/h2*2-28H,29-31H2,1H3;5*1H3;2*1H;;;;;;/q2*-6;;;;;;;;4*+2;2*+3/p-2. The molecule has 0 unspecified atom stereocenters. The second-order valence-electron chi connectivity index (χ2n) is 24.3. The predicted octanol–water partition coefficient (Wildman–Crippen LogP) is 24.9. The fourth-order valence-corrected chi connectivity index (χ4v) is 9.96. The van der Waals surface area contributed by atoms with Gasteiger partial charge in [0.2, 0.25) is 0 Å². The molecule has 25 heteroatoms. The van der Waals surface area contributed by atoms with Crippen LogP contribution in [0.25, 0.3) is 63.8 Å². The Labute approximate surface area is 769 Å². The van der Waals surface area contributed by atoms with Crippen molar-refractivity contribution in [3.63, 3.8) is 0 Å².